The molecule has 1 amide bonds. The number of anilines is 3. The second kappa shape index (κ2) is 6.91. The van der Waals surface area contributed by atoms with Gasteiger partial charge >= 0.3 is 0 Å². The van der Waals surface area contributed by atoms with E-state index < -0.39 is 0 Å². The van der Waals surface area contributed by atoms with Crippen molar-refractivity contribution in [1.82, 2.24) is 15.4 Å². The first-order valence-electron chi connectivity index (χ1n) is 7.58. The molecule has 2 heterocycles. The molecule has 24 heavy (non-hydrogen) atoms. The first-order valence-corrected chi connectivity index (χ1v) is 7.58. The maximum absolute atomic E-state index is 12.1. The van der Waals surface area contributed by atoms with Crippen molar-refractivity contribution in [3.05, 3.63) is 60.0 Å². The number of aryl methyl sites for hydroxylation is 1. The van der Waals surface area contributed by atoms with Crippen molar-refractivity contribution in [2.24, 2.45) is 0 Å². The van der Waals surface area contributed by atoms with Crippen LogP contribution in [0, 0.1) is 6.92 Å². The topological polar surface area (TPSA) is 84.2 Å². The molecule has 0 saturated heterocycles. The third kappa shape index (κ3) is 3.40. The monoisotopic (exact) mass is 323 g/mol. The molecule has 0 aliphatic rings. The van der Waals surface area contributed by atoms with Gasteiger partial charge in [-0.2, -0.15) is 0 Å². The van der Waals surface area contributed by atoms with Crippen LogP contribution in [0.2, 0.25) is 0 Å². The molecule has 0 fully saturated rings. The number of carbonyl (C=O) groups is 1. The van der Waals surface area contributed by atoms with Gasteiger partial charge in [-0.05, 0) is 38.1 Å². The van der Waals surface area contributed by atoms with Gasteiger partial charge in [0, 0.05) is 18.3 Å². The molecule has 122 valence electrons. The molecular weight excluding hydrogens is 306 g/mol. The van der Waals surface area contributed by atoms with Crippen LogP contribution in [-0.4, -0.2) is 27.8 Å². The Kier molecular flexibility index (Phi) is 4.51. The molecule has 7 nitrogen and oxygen atoms in total. The van der Waals surface area contributed by atoms with Gasteiger partial charge in [0.1, 0.15) is 5.76 Å². The van der Waals surface area contributed by atoms with Crippen molar-refractivity contribution >= 4 is 23.2 Å². The highest BCUT2D eigenvalue weighted by atomic mass is 16.5. The molecular formula is C17H17N5O2. The number of amides is 1. The van der Waals surface area contributed by atoms with Gasteiger partial charge < -0.3 is 14.7 Å². The average molecular weight is 323 g/mol. The standard InChI is InChI=1S/C17H17N5O2/c1-3-22(13-7-5-4-6-8-13)16-10-9-14(19-20-16)17(23)18-15-11-12(2)24-21-15/h4-11H,3H2,1-2H3,(H,18,21,23). The van der Waals surface area contributed by atoms with E-state index in [0.717, 1.165) is 12.2 Å². The molecule has 0 bridgehead atoms. The minimum absolute atomic E-state index is 0.212. The Morgan fingerprint density at radius 2 is 1.96 bits per heavy atom. The Morgan fingerprint density at radius 1 is 1.17 bits per heavy atom. The Morgan fingerprint density at radius 3 is 2.54 bits per heavy atom. The van der Waals surface area contributed by atoms with Gasteiger partial charge in [0.05, 0.1) is 0 Å². The third-order valence-corrected chi connectivity index (χ3v) is 3.41. The summed E-state index contributed by atoms with van der Waals surface area (Å²) in [5.41, 5.74) is 1.23. The summed E-state index contributed by atoms with van der Waals surface area (Å²) in [6.45, 7) is 4.52. The molecule has 0 atom stereocenters. The quantitative estimate of drug-likeness (QED) is 0.776. The van der Waals surface area contributed by atoms with Crippen LogP contribution in [0.3, 0.4) is 0 Å². The SMILES string of the molecule is CCN(c1ccccc1)c1ccc(C(=O)Nc2cc(C)on2)nn1. The van der Waals surface area contributed by atoms with Gasteiger partial charge in [0.2, 0.25) is 0 Å². The molecule has 0 aliphatic carbocycles. The van der Waals surface area contributed by atoms with Gasteiger partial charge in [0.15, 0.2) is 17.3 Å². The summed E-state index contributed by atoms with van der Waals surface area (Å²) in [6.07, 6.45) is 0. The highest BCUT2D eigenvalue weighted by Crippen LogP contribution is 2.22. The smallest absolute Gasteiger partial charge is 0.277 e. The second-order valence-corrected chi connectivity index (χ2v) is 5.13. The van der Waals surface area contributed by atoms with E-state index in [0.29, 0.717) is 17.4 Å². The molecule has 0 aliphatic heterocycles. The van der Waals surface area contributed by atoms with E-state index in [1.165, 1.54) is 0 Å². The molecule has 1 aromatic carbocycles. The zero-order valence-corrected chi connectivity index (χ0v) is 13.4. The maximum Gasteiger partial charge on any atom is 0.277 e. The Labute approximate surface area is 139 Å². The van der Waals surface area contributed by atoms with Crippen LogP contribution in [0.5, 0.6) is 0 Å². The van der Waals surface area contributed by atoms with E-state index in [2.05, 4.69) is 20.7 Å². The lowest BCUT2D eigenvalue weighted by Crippen LogP contribution is -2.19. The first kappa shape index (κ1) is 15.7. The summed E-state index contributed by atoms with van der Waals surface area (Å²) in [6, 6.07) is 14.9. The summed E-state index contributed by atoms with van der Waals surface area (Å²) in [4.78, 5) is 14.1. The van der Waals surface area contributed by atoms with Crippen molar-refractivity contribution in [3.8, 4) is 0 Å². The van der Waals surface area contributed by atoms with Gasteiger partial charge in [-0.25, -0.2) is 0 Å². The van der Waals surface area contributed by atoms with Crippen LogP contribution in [0.15, 0.2) is 53.1 Å². The zero-order valence-electron chi connectivity index (χ0n) is 13.4. The van der Waals surface area contributed by atoms with Crippen LogP contribution in [0.4, 0.5) is 17.3 Å². The lowest BCUT2D eigenvalue weighted by molar-refractivity contribution is 0.102. The van der Waals surface area contributed by atoms with Crippen LogP contribution in [0.25, 0.3) is 0 Å². The van der Waals surface area contributed by atoms with Gasteiger partial charge in [-0.1, -0.05) is 23.4 Å². The fourth-order valence-electron chi connectivity index (χ4n) is 2.28. The minimum Gasteiger partial charge on any atom is -0.360 e. The normalized spacial score (nSPS) is 10.4. The number of rotatable bonds is 5. The molecule has 3 rings (SSSR count). The highest BCUT2D eigenvalue weighted by molar-refractivity contribution is 6.02. The van der Waals surface area contributed by atoms with Crippen molar-refractivity contribution in [3.63, 3.8) is 0 Å². The van der Waals surface area contributed by atoms with Gasteiger partial charge in [-0.3, -0.25) is 4.79 Å². The molecule has 7 heteroatoms. The Balaban J connectivity index is 1.76. The number of carbonyl (C=O) groups excluding carboxylic acids is 1. The molecule has 2 aromatic heterocycles. The Hall–Kier alpha value is -3.22. The minimum atomic E-state index is -0.384. The van der Waals surface area contributed by atoms with E-state index >= 15 is 0 Å². The van der Waals surface area contributed by atoms with Gasteiger partial charge in [-0.15, -0.1) is 10.2 Å². The summed E-state index contributed by atoms with van der Waals surface area (Å²) >= 11 is 0. The summed E-state index contributed by atoms with van der Waals surface area (Å²) in [7, 11) is 0. The number of hydrogen-bond donors (Lipinski definition) is 1. The molecule has 0 saturated carbocycles. The number of para-hydroxylation sites is 1. The predicted octanol–water partition coefficient (Wildman–Crippen LogP) is 3.18. The van der Waals surface area contributed by atoms with Crippen LogP contribution in [0.1, 0.15) is 23.2 Å². The summed E-state index contributed by atoms with van der Waals surface area (Å²) in [5.74, 6) is 1.26. The van der Waals surface area contributed by atoms with Crippen molar-refractivity contribution in [2.75, 3.05) is 16.8 Å². The van der Waals surface area contributed by atoms with E-state index in [-0.39, 0.29) is 11.6 Å². The number of hydrogen-bond acceptors (Lipinski definition) is 6. The fraction of sp³-hybridized carbons (Fsp3) is 0.176. The van der Waals surface area contributed by atoms with E-state index in [1.54, 1.807) is 25.1 Å². The number of nitrogens with one attached hydrogen (secondary N) is 1. The average Bonchev–Trinajstić information content (AvgIpc) is 3.02. The lowest BCUT2D eigenvalue weighted by atomic mass is 10.2. The van der Waals surface area contributed by atoms with Crippen molar-refractivity contribution in [1.29, 1.82) is 0 Å². The Bertz CT molecular complexity index is 815. The predicted molar refractivity (Wildman–Crippen MR) is 90.3 cm³/mol. The highest BCUT2D eigenvalue weighted by Gasteiger charge is 2.13. The van der Waals surface area contributed by atoms with Crippen molar-refractivity contribution < 1.29 is 9.32 Å². The molecule has 1 N–H and O–H groups in total. The molecule has 3 aromatic rings. The summed E-state index contributed by atoms with van der Waals surface area (Å²) in [5, 5.41) is 14.5. The number of benzene rings is 1. The van der Waals surface area contributed by atoms with Gasteiger partial charge in [0.25, 0.3) is 5.91 Å². The van der Waals surface area contributed by atoms with E-state index in [1.807, 2.05) is 42.2 Å². The largest absolute Gasteiger partial charge is 0.360 e. The number of nitrogens with zero attached hydrogens (tertiary/aromatic N) is 4. The van der Waals surface area contributed by atoms with E-state index in [4.69, 9.17) is 4.52 Å². The second-order valence-electron chi connectivity index (χ2n) is 5.13. The van der Waals surface area contributed by atoms with Crippen molar-refractivity contribution in [2.45, 2.75) is 13.8 Å². The fourth-order valence-corrected chi connectivity index (χ4v) is 2.28. The number of aromatic nitrogens is 3. The third-order valence-electron chi connectivity index (χ3n) is 3.41. The molecule has 0 spiro atoms. The molecule has 0 unspecified atom stereocenters. The van der Waals surface area contributed by atoms with Crippen LogP contribution in [-0.2, 0) is 0 Å². The van der Waals surface area contributed by atoms with Crippen LogP contribution >= 0.6 is 0 Å². The first-order chi connectivity index (χ1) is 11.7. The molecule has 0 radical (unpaired) electrons. The maximum atomic E-state index is 12.1. The zero-order chi connectivity index (χ0) is 16.9. The van der Waals surface area contributed by atoms with Crippen LogP contribution < -0.4 is 10.2 Å². The lowest BCUT2D eigenvalue weighted by Gasteiger charge is -2.21. The van der Waals surface area contributed by atoms with E-state index in [9.17, 15) is 4.79 Å². The summed E-state index contributed by atoms with van der Waals surface area (Å²) < 4.78 is 4.91.